The van der Waals surface area contributed by atoms with Crippen LogP contribution in [-0.4, -0.2) is 49.9 Å². The summed E-state index contributed by atoms with van der Waals surface area (Å²) in [7, 11) is -3.79. The maximum absolute atomic E-state index is 13.0. The van der Waals surface area contributed by atoms with Crippen LogP contribution in [0.4, 0.5) is 5.13 Å². The molecule has 2 aliphatic heterocycles. The molecule has 1 amide bonds. The molecule has 1 fully saturated rings. The van der Waals surface area contributed by atoms with Crippen molar-refractivity contribution in [2.75, 3.05) is 31.6 Å². The fourth-order valence-electron chi connectivity index (χ4n) is 4.01. The molecule has 1 saturated heterocycles. The van der Waals surface area contributed by atoms with Gasteiger partial charge in [0, 0.05) is 31.1 Å². The Hall–Kier alpha value is -3.20. The minimum atomic E-state index is -3.79. The average Bonchev–Trinajstić information content (AvgIpc) is 3.23. The number of carbonyl (C=O) groups excluding carboxylic acids is 1. The molecule has 1 aromatic heterocycles. The van der Waals surface area contributed by atoms with Gasteiger partial charge < -0.3 is 14.8 Å². The Kier molecular flexibility index (Phi) is 5.65. The third kappa shape index (κ3) is 4.13. The highest BCUT2D eigenvalue weighted by atomic mass is 32.2. The van der Waals surface area contributed by atoms with Gasteiger partial charge in [0.1, 0.15) is 19.3 Å². The molecule has 0 unspecified atom stereocenters. The van der Waals surface area contributed by atoms with Crippen molar-refractivity contribution in [1.82, 2.24) is 9.29 Å². The Morgan fingerprint density at radius 3 is 2.58 bits per heavy atom. The van der Waals surface area contributed by atoms with Gasteiger partial charge in [-0.05, 0) is 25.0 Å². The van der Waals surface area contributed by atoms with Crippen LogP contribution in [0.3, 0.4) is 0 Å². The molecule has 33 heavy (non-hydrogen) atoms. The Labute approximate surface area is 194 Å². The monoisotopic (exact) mass is 484 g/mol. The smallest absolute Gasteiger partial charge is 0.244 e. The van der Waals surface area contributed by atoms with Gasteiger partial charge in [0.05, 0.1) is 20.7 Å². The Morgan fingerprint density at radius 1 is 1.15 bits per heavy atom. The molecule has 170 valence electrons. The number of hydrogen-bond acceptors (Lipinski definition) is 8. The van der Waals surface area contributed by atoms with E-state index in [4.69, 9.17) is 9.47 Å². The summed E-state index contributed by atoms with van der Waals surface area (Å²) in [6.45, 7) is 1.41. The maximum atomic E-state index is 13.0. The van der Waals surface area contributed by atoms with Gasteiger partial charge in [-0.25, -0.2) is 13.4 Å². The number of carbonyl (C=O) groups is 1. The number of aromatic nitrogens is 1. The number of thiazole rings is 1. The van der Waals surface area contributed by atoms with Gasteiger partial charge in [-0.1, -0.05) is 23.5 Å². The lowest BCUT2D eigenvalue weighted by Crippen LogP contribution is -2.41. The predicted molar refractivity (Wildman–Crippen MR) is 122 cm³/mol. The largest absolute Gasteiger partial charge is 0.486 e. The quantitative estimate of drug-likeness (QED) is 0.604. The number of fused-ring (bicyclic) bond motifs is 2. The lowest BCUT2D eigenvalue weighted by Gasteiger charge is -2.30. The second-order valence-electron chi connectivity index (χ2n) is 7.76. The van der Waals surface area contributed by atoms with Crippen molar-refractivity contribution in [3.8, 4) is 17.6 Å². The summed E-state index contributed by atoms with van der Waals surface area (Å²) in [4.78, 5) is 17.3. The molecule has 1 N–H and O–H groups in total. The second kappa shape index (κ2) is 8.62. The van der Waals surface area contributed by atoms with Crippen LogP contribution in [0.1, 0.15) is 18.4 Å². The summed E-state index contributed by atoms with van der Waals surface area (Å²) in [6, 6.07) is 11.7. The van der Waals surface area contributed by atoms with Gasteiger partial charge >= 0.3 is 0 Å². The third-order valence-electron chi connectivity index (χ3n) is 5.73. The summed E-state index contributed by atoms with van der Waals surface area (Å²) < 4.78 is 39.4. The normalized spacial score (nSPS) is 16.9. The zero-order valence-corrected chi connectivity index (χ0v) is 19.1. The van der Waals surface area contributed by atoms with E-state index in [-0.39, 0.29) is 35.4 Å². The molecule has 2 aromatic carbocycles. The van der Waals surface area contributed by atoms with Crippen LogP contribution >= 0.6 is 11.3 Å². The first-order chi connectivity index (χ1) is 16.0. The van der Waals surface area contributed by atoms with Crippen molar-refractivity contribution in [1.29, 1.82) is 5.26 Å². The van der Waals surface area contributed by atoms with E-state index in [2.05, 4.69) is 10.3 Å². The molecule has 0 spiro atoms. The van der Waals surface area contributed by atoms with E-state index in [0.717, 1.165) is 10.2 Å². The molecular weight excluding hydrogens is 464 g/mol. The van der Waals surface area contributed by atoms with Gasteiger partial charge in [0.25, 0.3) is 0 Å². The molecule has 3 aromatic rings. The minimum Gasteiger partial charge on any atom is -0.486 e. The number of amides is 1. The topological polar surface area (TPSA) is 122 Å². The molecule has 5 rings (SSSR count). The summed E-state index contributed by atoms with van der Waals surface area (Å²) in [5.74, 6) is 0.806. The van der Waals surface area contributed by atoms with E-state index in [0.29, 0.717) is 42.7 Å². The van der Waals surface area contributed by atoms with Crippen LogP contribution in [0, 0.1) is 17.2 Å². The van der Waals surface area contributed by atoms with Crippen LogP contribution < -0.4 is 14.8 Å². The molecule has 0 saturated carbocycles. The molecule has 3 heterocycles. The molecule has 9 nitrogen and oxygen atoms in total. The number of piperidine rings is 1. The first-order valence-electron chi connectivity index (χ1n) is 10.5. The fraction of sp³-hybridized carbons (Fsp3) is 0.318. The van der Waals surface area contributed by atoms with Crippen molar-refractivity contribution < 1.29 is 22.7 Å². The molecular formula is C22H20N4O5S2. The third-order valence-corrected chi connectivity index (χ3v) is 8.62. The highest BCUT2D eigenvalue weighted by Gasteiger charge is 2.33. The SMILES string of the molecule is N#Cc1ccccc1S(=O)(=O)N1CCC(C(=O)Nc2nc3cc4c(cc3s2)OCCO4)CC1. The zero-order chi connectivity index (χ0) is 23.0. The van der Waals surface area contributed by atoms with Crippen LogP contribution in [0.5, 0.6) is 11.5 Å². The van der Waals surface area contributed by atoms with Crippen molar-refractivity contribution >= 4 is 42.6 Å². The van der Waals surface area contributed by atoms with Crippen molar-refractivity contribution in [2.24, 2.45) is 5.92 Å². The van der Waals surface area contributed by atoms with Crippen LogP contribution in [0.15, 0.2) is 41.3 Å². The predicted octanol–water partition coefficient (Wildman–Crippen LogP) is 2.98. The molecule has 0 aliphatic carbocycles. The van der Waals surface area contributed by atoms with Gasteiger partial charge in [-0.15, -0.1) is 0 Å². The number of rotatable bonds is 4. The Balaban J connectivity index is 1.25. The number of anilines is 1. The van der Waals surface area contributed by atoms with Crippen molar-refractivity contribution in [2.45, 2.75) is 17.7 Å². The van der Waals surface area contributed by atoms with Crippen molar-refractivity contribution in [3.63, 3.8) is 0 Å². The van der Waals surface area contributed by atoms with Gasteiger partial charge in [-0.2, -0.15) is 9.57 Å². The Bertz CT molecular complexity index is 1330. The molecule has 0 atom stereocenters. The Morgan fingerprint density at radius 2 is 1.85 bits per heavy atom. The lowest BCUT2D eigenvalue weighted by atomic mass is 9.97. The van der Waals surface area contributed by atoms with E-state index in [1.54, 1.807) is 18.2 Å². The second-order valence-corrected chi connectivity index (χ2v) is 10.7. The summed E-state index contributed by atoms with van der Waals surface area (Å²) in [5, 5.41) is 12.6. The van der Waals surface area contributed by atoms with E-state index < -0.39 is 10.0 Å². The minimum absolute atomic E-state index is 0.000494. The maximum Gasteiger partial charge on any atom is 0.244 e. The van der Waals surface area contributed by atoms with Crippen molar-refractivity contribution in [3.05, 3.63) is 42.0 Å². The molecule has 11 heteroatoms. The van der Waals surface area contributed by atoms with Gasteiger partial charge in [0.15, 0.2) is 16.6 Å². The molecule has 2 aliphatic rings. The van der Waals surface area contributed by atoms with E-state index in [9.17, 15) is 18.5 Å². The van der Waals surface area contributed by atoms with Crippen LogP contribution in [0.25, 0.3) is 10.2 Å². The zero-order valence-electron chi connectivity index (χ0n) is 17.5. The number of nitrogens with zero attached hydrogens (tertiary/aromatic N) is 3. The van der Waals surface area contributed by atoms with E-state index >= 15 is 0 Å². The molecule has 0 bridgehead atoms. The van der Waals surface area contributed by atoms with Crippen LogP contribution in [0.2, 0.25) is 0 Å². The average molecular weight is 485 g/mol. The number of nitriles is 1. The van der Waals surface area contributed by atoms with E-state index in [1.807, 2.05) is 12.1 Å². The fourth-order valence-corrected chi connectivity index (χ4v) is 6.50. The van der Waals surface area contributed by atoms with Crippen LogP contribution in [-0.2, 0) is 14.8 Å². The number of benzene rings is 2. The first kappa shape index (κ1) is 21.6. The first-order valence-corrected chi connectivity index (χ1v) is 12.7. The molecule has 0 radical (unpaired) electrons. The summed E-state index contributed by atoms with van der Waals surface area (Å²) >= 11 is 1.35. The number of sulfonamides is 1. The van der Waals surface area contributed by atoms with Gasteiger partial charge in [0.2, 0.25) is 15.9 Å². The van der Waals surface area contributed by atoms with E-state index in [1.165, 1.54) is 27.8 Å². The highest BCUT2D eigenvalue weighted by Crippen LogP contribution is 2.38. The highest BCUT2D eigenvalue weighted by molar-refractivity contribution is 7.89. The number of nitrogens with one attached hydrogen (secondary N) is 1. The summed E-state index contributed by atoms with van der Waals surface area (Å²) in [5.41, 5.74) is 0.835. The summed E-state index contributed by atoms with van der Waals surface area (Å²) in [6.07, 6.45) is 0.779. The number of ether oxygens (including phenoxy) is 2. The van der Waals surface area contributed by atoms with Gasteiger partial charge in [-0.3, -0.25) is 4.79 Å². The standard InChI is InChI=1S/C22H20N4O5S2/c23-13-15-3-1-2-4-20(15)33(28,29)26-7-5-14(6-8-26)21(27)25-22-24-16-11-17-18(12-19(16)32-22)31-10-9-30-17/h1-4,11-12,14H,5-10H2,(H,24,25,27). The lowest BCUT2D eigenvalue weighted by molar-refractivity contribution is -0.120. The number of hydrogen-bond donors (Lipinski definition) is 1.